The molecule has 44 valence electrons. The van der Waals surface area contributed by atoms with E-state index in [1.54, 1.807) is 0 Å². The summed E-state index contributed by atoms with van der Waals surface area (Å²) in [6.07, 6.45) is 1.05. The highest BCUT2D eigenvalue weighted by Gasteiger charge is 1.93. The molecule has 0 amide bonds. The molecule has 0 unspecified atom stereocenters. The van der Waals surface area contributed by atoms with E-state index in [2.05, 4.69) is 6.92 Å². The van der Waals surface area contributed by atoms with Crippen LogP contribution in [0.5, 0.6) is 0 Å². The Hall–Kier alpha value is -0.0800. The monoisotopic (exact) mass is 102 g/mol. The van der Waals surface area contributed by atoms with Crippen molar-refractivity contribution in [1.29, 1.82) is 0 Å². The Bertz CT molecular complexity index is 37.1. The van der Waals surface area contributed by atoms with Crippen LogP contribution in [0.15, 0.2) is 0 Å². The minimum atomic E-state index is 0.602. The first-order valence-corrected chi connectivity index (χ1v) is 2.71. The first-order valence-electron chi connectivity index (χ1n) is 2.71. The molecule has 0 spiro atoms. The van der Waals surface area contributed by atoms with E-state index in [-0.39, 0.29) is 0 Å². The normalized spacial score (nSPS) is 14.1. The SMILES string of the molecule is C[C@H](CN)CCN. The van der Waals surface area contributed by atoms with Gasteiger partial charge in [0.25, 0.3) is 0 Å². The second-order valence-electron chi connectivity index (χ2n) is 1.92. The van der Waals surface area contributed by atoms with Crippen molar-refractivity contribution in [2.45, 2.75) is 13.3 Å². The molecule has 0 radical (unpaired) electrons. The topological polar surface area (TPSA) is 52.0 Å². The van der Waals surface area contributed by atoms with Crippen LogP contribution in [0, 0.1) is 5.92 Å². The minimum Gasteiger partial charge on any atom is -0.330 e. The van der Waals surface area contributed by atoms with Gasteiger partial charge in [-0.25, -0.2) is 0 Å². The van der Waals surface area contributed by atoms with Gasteiger partial charge < -0.3 is 11.5 Å². The summed E-state index contributed by atoms with van der Waals surface area (Å²) in [5.74, 6) is 0.602. The van der Waals surface area contributed by atoms with Crippen LogP contribution >= 0.6 is 0 Å². The number of hydrogen-bond acceptors (Lipinski definition) is 2. The molecular formula is C5H14N2. The molecule has 0 aliphatic rings. The van der Waals surface area contributed by atoms with Gasteiger partial charge in [-0.15, -0.1) is 0 Å². The predicted molar refractivity (Wildman–Crippen MR) is 31.9 cm³/mol. The third-order valence-corrected chi connectivity index (χ3v) is 1.06. The van der Waals surface area contributed by atoms with Gasteiger partial charge in [0.15, 0.2) is 0 Å². The van der Waals surface area contributed by atoms with Gasteiger partial charge in [0.1, 0.15) is 0 Å². The van der Waals surface area contributed by atoms with Crippen LogP contribution in [0.2, 0.25) is 0 Å². The highest BCUT2D eigenvalue weighted by atomic mass is 14.6. The number of rotatable bonds is 3. The molecule has 0 aromatic heterocycles. The maximum Gasteiger partial charge on any atom is -0.00510 e. The predicted octanol–water partition coefficient (Wildman–Crippen LogP) is -0.0700. The van der Waals surface area contributed by atoms with Gasteiger partial charge >= 0.3 is 0 Å². The fourth-order valence-corrected chi connectivity index (χ4v) is 0.402. The zero-order chi connectivity index (χ0) is 5.70. The summed E-state index contributed by atoms with van der Waals surface area (Å²) in [6.45, 7) is 3.63. The van der Waals surface area contributed by atoms with E-state index in [1.807, 2.05) is 0 Å². The van der Waals surface area contributed by atoms with E-state index >= 15 is 0 Å². The van der Waals surface area contributed by atoms with Crippen molar-refractivity contribution in [3.8, 4) is 0 Å². The van der Waals surface area contributed by atoms with Crippen molar-refractivity contribution in [1.82, 2.24) is 0 Å². The Morgan fingerprint density at radius 3 is 2.14 bits per heavy atom. The summed E-state index contributed by atoms with van der Waals surface area (Å²) in [7, 11) is 0. The van der Waals surface area contributed by atoms with E-state index in [0.29, 0.717) is 5.92 Å². The lowest BCUT2D eigenvalue weighted by atomic mass is 10.1. The van der Waals surface area contributed by atoms with E-state index in [9.17, 15) is 0 Å². The van der Waals surface area contributed by atoms with Gasteiger partial charge in [-0.2, -0.15) is 0 Å². The summed E-state index contributed by atoms with van der Waals surface area (Å²) in [6, 6.07) is 0. The fourth-order valence-electron chi connectivity index (χ4n) is 0.402. The lowest BCUT2D eigenvalue weighted by Gasteiger charge is -2.02. The molecule has 0 bridgehead atoms. The highest BCUT2D eigenvalue weighted by Crippen LogP contribution is 1.93. The Morgan fingerprint density at radius 2 is 2.00 bits per heavy atom. The van der Waals surface area contributed by atoms with Crippen LogP contribution in [-0.2, 0) is 0 Å². The van der Waals surface area contributed by atoms with E-state index in [1.165, 1.54) is 0 Å². The van der Waals surface area contributed by atoms with Crippen molar-refractivity contribution in [2.75, 3.05) is 13.1 Å². The van der Waals surface area contributed by atoms with Gasteiger partial charge in [-0.05, 0) is 25.4 Å². The van der Waals surface area contributed by atoms with E-state index < -0.39 is 0 Å². The smallest absolute Gasteiger partial charge is 0.00510 e. The standard InChI is InChI=1S/C5H14N2/c1-5(4-7)2-3-6/h5H,2-4,6-7H2,1H3/t5-/m0/s1. The largest absolute Gasteiger partial charge is 0.330 e. The summed E-state index contributed by atoms with van der Waals surface area (Å²) in [5, 5.41) is 0. The molecular weight excluding hydrogens is 88.1 g/mol. The van der Waals surface area contributed by atoms with Crippen molar-refractivity contribution in [3.63, 3.8) is 0 Å². The number of hydrogen-bond donors (Lipinski definition) is 2. The first-order chi connectivity index (χ1) is 3.31. The Morgan fingerprint density at radius 1 is 1.43 bits per heavy atom. The van der Waals surface area contributed by atoms with Gasteiger partial charge in [-0.1, -0.05) is 6.92 Å². The summed E-state index contributed by atoms with van der Waals surface area (Å²) >= 11 is 0. The Kier molecular flexibility index (Phi) is 4.04. The summed E-state index contributed by atoms with van der Waals surface area (Å²) in [4.78, 5) is 0. The molecule has 7 heavy (non-hydrogen) atoms. The average Bonchev–Trinajstić information content (AvgIpc) is 1.68. The van der Waals surface area contributed by atoms with Crippen molar-refractivity contribution in [3.05, 3.63) is 0 Å². The lowest BCUT2D eigenvalue weighted by molar-refractivity contribution is 0.553. The molecule has 0 saturated heterocycles. The molecule has 0 aliphatic heterocycles. The third kappa shape index (κ3) is 3.76. The van der Waals surface area contributed by atoms with Crippen LogP contribution in [0.3, 0.4) is 0 Å². The van der Waals surface area contributed by atoms with Gasteiger partial charge in [0, 0.05) is 0 Å². The zero-order valence-electron chi connectivity index (χ0n) is 4.85. The average molecular weight is 102 g/mol. The molecule has 2 heteroatoms. The zero-order valence-corrected chi connectivity index (χ0v) is 4.85. The maximum absolute atomic E-state index is 5.30. The summed E-state index contributed by atoms with van der Waals surface area (Å²) < 4.78 is 0. The van der Waals surface area contributed by atoms with Crippen LogP contribution in [0.1, 0.15) is 13.3 Å². The molecule has 1 atom stereocenters. The molecule has 0 aromatic rings. The van der Waals surface area contributed by atoms with Crippen LogP contribution in [0.25, 0.3) is 0 Å². The highest BCUT2D eigenvalue weighted by molar-refractivity contribution is 4.51. The molecule has 0 aromatic carbocycles. The van der Waals surface area contributed by atoms with Crippen LogP contribution in [0.4, 0.5) is 0 Å². The number of nitrogens with two attached hydrogens (primary N) is 2. The Balaban J connectivity index is 2.83. The molecule has 2 nitrogen and oxygen atoms in total. The second kappa shape index (κ2) is 4.09. The Labute approximate surface area is 44.9 Å². The third-order valence-electron chi connectivity index (χ3n) is 1.06. The van der Waals surface area contributed by atoms with Crippen LogP contribution < -0.4 is 11.5 Å². The van der Waals surface area contributed by atoms with Gasteiger partial charge in [0.2, 0.25) is 0 Å². The quantitative estimate of drug-likeness (QED) is 0.524. The molecule has 0 saturated carbocycles. The second-order valence-corrected chi connectivity index (χ2v) is 1.92. The van der Waals surface area contributed by atoms with Gasteiger partial charge in [-0.3, -0.25) is 0 Å². The maximum atomic E-state index is 5.30. The van der Waals surface area contributed by atoms with E-state index in [4.69, 9.17) is 11.5 Å². The van der Waals surface area contributed by atoms with Crippen molar-refractivity contribution < 1.29 is 0 Å². The van der Waals surface area contributed by atoms with Crippen molar-refractivity contribution >= 4 is 0 Å². The molecule has 0 aliphatic carbocycles. The first kappa shape index (κ1) is 6.92. The molecule has 0 fully saturated rings. The summed E-state index contributed by atoms with van der Waals surface area (Å²) in [5.41, 5.74) is 10.6. The van der Waals surface area contributed by atoms with Crippen molar-refractivity contribution in [2.24, 2.45) is 17.4 Å². The molecule has 0 heterocycles. The fraction of sp³-hybridized carbons (Fsp3) is 1.00. The lowest BCUT2D eigenvalue weighted by Crippen LogP contribution is -2.14. The molecule has 0 rings (SSSR count). The molecule has 4 N–H and O–H groups in total. The van der Waals surface area contributed by atoms with Gasteiger partial charge in [0.05, 0.1) is 0 Å². The van der Waals surface area contributed by atoms with E-state index in [0.717, 1.165) is 19.5 Å². The van der Waals surface area contributed by atoms with Crippen LogP contribution in [-0.4, -0.2) is 13.1 Å². The minimum absolute atomic E-state index is 0.602.